The van der Waals surface area contributed by atoms with Crippen LogP contribution in [0.2, 0.25) is 0 Å². The number of aryl methyl sites for hydroxylation is 1. The molecular weight excluding hydrogens is 308 g/mol. The van der Waals surface area contributed by atoms with E-state index >= 15 is 0 Å². The minimum absolute atomic E-state index is 0.0131. The van der Waals surface area contributed by atoms with E-state index in [-0.39, 0.29) is 6.04 Å². The van der Waals surface area contributed by atoms with Crippen molar-refractivity contribution in [2.45, 2.75) is 38.3 Å². The van der Waals surface area contributed by atoms with Gasteiger partial charge in [0.2, 0.25) is 0 Å². The van der Waals surface area contributed by atoms with Gasteiger partial charge in [-0.2, -0.15) is 0 Å². The fourth-order valence-electron chi connectivity index (χ4n) is 3.02. The van der Waals surface area contributed by atoms with Gasteiger partial charge in [0, 0.05) is 24.3 Å². The Labute approximate surface area is 141 Å². The van der Waals surface area contributed by atoms with E-state index in [1.807, 2.05) is 23.8 Å². The van der Waals surface area contributed by atoms with Crippen LogP contribution in [0.5, 0.6) is 5.75 Å². The van der Waals surface area contributed by atoms with Crippen LogP contribution in [-0.2, 0) is 6.42 Å². The van der Waals surface area contributed by atoms with Crippen molar-refractivity contribution in [3.05, 3.63) is 40.6 Å². The summed E-state index contributed by atoms with van der Waals surface area (Å²) >= 11 is 1.73. The number of pyridine rings is 1. The number of hydrogen-bond donors (Lipinski definition) is 1. The van der Waals surface area contributed by atoms with Gasteiger partial charge >= 0.3 is 0 Å². The number of likely N-dealkylation sites (tertiary alicyclic amines) is 1. The normalized spacial score (nSPS) is 19.8. The van der Waals surface area contributed by atoms with E-state index in [1.54, 1.807) is 17.5 Å². The molecular formula is C17H24N4OS. The second-order valence-corrected chi connectivity index (χ2v) is 6.90. The number of nitrogens with zero attached hydrogens (tertiary/aromatic N) is 3. The minimum atomic E-state index is -0.0131. The molecule has 3 rings (SSSR count). The van der Waals surface area contributed by atoms with Crippen molar-refractivity contribution in [1.29, 1.82) is 0 Å². The molecule has 2 aromatic heterocycles. The average Bonchev–Trinajstić information content (AvgIpc) is 3.24. The summed E-state index contributed by atoms with van der Waals surface area (Å²) in [5, 5.41) is 3.25. The van der Waals surface area contributed by atoms with Gasteiger partial charge < -0.3 is 10.5 Å². The SMILES string of the molecule is CCc1cncc(OC[C@@H](N)CN2CCC[C@H]2c2nccs2)c1. The smallest absolute Gasteiger partial charge is 0.137 e. The average molecular weight is 332 g/mol. The molecule has 0 saturated carbocycles. The Hall–Kier alpha value is -1.50. The lowest BCUT2D eigenvalue weighted by atomic mass is 10.2. The first kappa shape index (κ1) is 16.4. The zero-order chi connectivity index (χ0) is 16.1. The lowest BCUT2D eigenvalue weighted by Gasteiger charge is -2.26. The number of hydrogen-bond acceptors (Lipinski definition) is 6. The summed E-state index contributed by atoms with van der Waals surface area (Å²) in [6, 6.07) is 2.44. The quantitative estimate of drug-likeness (QED) is 0.844. The molecule has 0 bridgehead atoms. The molecule has 1 fully saturated rings. The minimum Gasteiger partial charge on any atom is -0.490 e. The largest absolute Gasteiger partial charge is 0.490 e. The first-order valence-corrected chi connectivity index (χ1v) is 9.10. The second-order valence-electron chi connectivity index (χ2n) is 5.98. The molecule has 5 nitrogen and oxygen atoms in total. The van der Waals surface area contributed by atoms with Gasteiger partial charge in [-0.25, -0.2) is 4.98 Å². The fraction of sp³-hybridized carbons (Fsp3) is 0.529. The zero-order valence-corrected chi connectivity index (χ0v) is 14.3. The molecule has 1 aliphatic rings. The molecule has 1 saturated heterocycles. The molecule has 0 radical (unpaired) electrons. The lowest BCUT2D eigenvalue weighted by Crippen LogP contribution is -2.41. The first-order valence-electron chi connectivity index (χ1n) is 8.22. The van der Waals surface area contributed by atoms with Gasteiger partial charge in [-0.15, -0.1) is 11.3 Å². The van der Waals surface area contributed by atoms with E-state index < -0.39 is 0 Å². The van der Waals surface area contributed by atoms with Crippen LogP contribution in [0.4, 0.5) is 0 Å². The number of nitrogens with two attached hydrogens (primary N) is 1. The van der Waals surface area contributed by atoms with Gasteiger partial charge in [0.15, 0.2) is 0 Å². The first-order chi connectivity index (χ1) is 11.3. The molecule has 0 aromatic carbocycles. The lowest BCUT2D eigenvalue weighted by molar-refractivity contribution is 0.201. The third-order valence-corrected chi connectivity index (χ3v) is 5.09. The molecule has 0 spiro atoms. The van der Waals surface area contributed by atoms with Crippen LogP contribution >= 0.6 is 11.3 Å². The van der Waals surface area contributed by atoms with Crippen molar-refractivity contribution in [3.8, 4) is 5.75 Å². The summed E-state index contributed by atoms with van der Waals surface area (Å²) < 4.78 is 5.82. The fourth-order valence-corrected chi connectivity index (χ4v) is 3.82. The maximum Gasteiger partial charge on any atom is 0.137 e. The van der Waals surface area contributed by atoms with Crippen molar-refractivity contribution in [2.24, 2.45) is 5.73 Å². The molecule has 1 aliphatic heterocycles. The van der Waals surface area contributed by atoms with Crippen molar-refractivity contribution in [1.82, 2.24) is 14.9 Å². The van der Waals surface area contributed by atoms with Gasteiger partial charge in [0.05, 0.1) is 18.3 Å². The Kier molecular flexibility index (Phi) is 5.59. The van der Waals surface area contributed by atoms with Crippen molar-refractivity contribution in [2.75, 3.05) is 19.7 Å². The van der Waals surface area contributed by atoms with Crippen molar-refractivity contribution in [3.63, 3.8) is 0 Å². The van der Waals surface area contributed by atoms with E-state index in [0.717, 1.165) is 25.3 Å². The molecule has 6 heteroatoms. The van der Waals surface area contributed by atoms with Crippen molar-refractivity contribution >= 4 is 11.3 Å². The molecule has 2 atom stereocenters. The maximum atomic E-state index is 6.28. The standard InChI is InChI=1S/C17H24N4OS/c1-2-13-8-15(10-19-9-13)22-12-14(18)11-21-6-3-4-16(21)17-20-5-7-23-17/h5,7-10,14,16H,2-4,6,11-12,18H2,1H3/t14-,16-/m0/s1. The van der Waals surface area contributed by atoms with Gasteiger partial charge in [0.25, 0.3) is 0 Å². The molecule has 0 aliphatic carbocycles. The van der Waals surface area contributed by atoms with Gasteiger partial charge in [-0.3, -0.25) is 9.88 Å². The number of thiazole rings is 1. The molecule has 3 heterocycles. The highest BCUT2D eigenvalue weighted by atomic mass is 32.1. The Morgan fingerprint density at radius 3 is 3.17 bits per heavy atom. The van der Waals surface area contributed by atoms with E-state index in [2.05, 4.69) is 21.8 Å². The predicted octanol–water partition coefficient (Wildman–Crippen LogP) is 2.64. The summed E-state index contributed by atoms with van der Waals surface area (Å²) in [6.45, 7) is 4.55. The van der Waals surface area contributed by atoms with Crippen molar-refractivity contribution < 1.29 is 4.74 Å². The van der Waals surface area contributed by atoms with Gasteiger partial charge in [-0.05, 0) is 37.4 Å². The van der Waals surface area contributed by atoms with E-state index in [9.17, 15) is 0 Å². The zero-order valence-electron chi connectivity index (χ0n) is 13.5. The van der Waals surface area contributed by atoms with E-state index in [0.29, 0.717) is 12.6 Å². The van der Waals surface area contributed by atoms with Crippen LogP contribution in [0.25, 0.3) is 0 Å². The van der Waals surface area contributed by atoms with Crippen LogP contribution in [-0.4, -0.2) is 40.6 Å². The van der Waals surface area contributed by atoms with Crippen LogP contribution in [0.3, 0.4) is 0 Å². The highest BCUT2D eigenvalue weighted by molar-refractivity contribution is 7.09. The number of aromatic nitrogens is 2. The molecule has 2 aromatic rings. The van der Waals surface area contributed by atoms with Crippen LogP contribution in [0.15, 0.2) is 30.0 Å². The highest BCUT2D eigenvalue weighted by Crippen LogP contribution is 2.32. The summed E-state index contributed by atoms with van der Waals surface area (Å²) in [4.78, 5) is 11.1. The summed E-state index contributed by atoms with van der Waals surface area (Å²) in [5.74, 6) is 0.803. The van der Waals surface area contributed by atoms with Crippen LogP contribution in [0, 0.1) is 0 Å². The summed E-state index contributed by atoms with van der Waals surface area (Å²) in [6.07, 6.45) is 8.84. The third kappa shape index (κ3) is 4.28. The Bertz CT molecular complexity index is 604. The molecule has 23 heavy (non-hydrogen) atoms. The molecule has 0 unspecified atom stereocenters. The van der Waals surface area contributed by atoms with Gasteiger partial charge in [-0.1, -0.05) is 6.92 Å². The number of rotatable bonds is 7. The van der Waals surface area contributed by atoms with Gasteiger partial charge in [0.1, 0.15) is 17.4 Å². The molecule has 124 valence electrons. The summed E-state index contributed by atoms with van der Waals surface area (Å²) in [5.41, 5.74) is 7.46. The van der Waals surface area contributed by atoms with E-state index in [4.69, 9.17) is 10.5 Å². The van der Waals surface area contributed by atoms with Crippen LogP contribution in [0.1, 0.15) is 36.4 Å². The monoisotopic (exact) mass is 332 g/mol. The second kappa shape index (κ2) is 7.86. The molecule has 0 amide bonds. The van der Waals surface area contributed by atoms with E-state index in [1.165, 1.54) is 23.4 Å². The van der Waals surface area contributed by atoms with Crippen LogP contribution < -0.4 is 10.5 Å². The number of ether oxygens (including phenoxy) is 1. The summed E-state index contributed by atoms with van der Waals surface area (Å²) in [7, 11) is 0. The predicted molar refractivity (Wildman–Crippen MR) is 92.7 cm³/mol. The molecule has 2 N–H and O–H groups in total. The highest BCUT2D eigenvalue weighted by Gasteiger charge is 2.28. The Morgan fingerprint density at radius 2 is 2.39 bits per heavy atom. The topological polar surface area (TPSA) is 64.3 Å². The Morgan fingerprint density at radius 1 is 1.48 bits per heavy atom. The maximum absolute atomic E-state index is 6.28. The third-order valence-electron chi connectivity index (χ3n) is 4.21. The Balaban J connectivity index is 1.51.